The fourth-order valence-corrected chi connectivity index (χ4v) is 4.90. The average molecular weight is 429 g/mol. The van der Waals surface area contributed by atoms with Crippen LogP contribution in [-0.4, -0.2) is 38.8 Å². The van der Waals surface area contributed by atoms with E-state index < -0.39 is 10.0 Å². The number of sulfonamides is 1. The fraction of sp³-hybridized carbons (Fsp3) is 0.348. The van der Waals surface area contributed by atoms with Crippen molar-refractivity contribution in [3.8, 4) is 5.75 Å². The molecule has 7 heteroatoms. The first-order valence-corrected chi connectivity index (χ1v) is 11.6. The molecular formula is C23H28N2O4S. The quantitative estimate of drug-likeness (QED) is 0.684. The molecule has 6 nitrogen and oxygen atoms in total. The first kappa shape index (κ1) is 22.1. The highest BCUT2D eigenvalue weighted by Crippen LogP contribution is 2.21. The molecule has 0 aromatic heterocycles. The van der Waals surface area contributed by atoms with Crippen molar-refractivity contribution in [1.29, 1.82) is 0 Å². The third-order valence-corrected chi connectivity index (χ3v) is 7.02. The molecular weight excluding hydrogens is 400 g/mol. The van der Waals surface area contributed by atoms with E-state index in [1.165, 1.54) is 6.08 Å². The second-order valence-corrected chi connectivity index (χ2v) is 9.23. The zero-order chi connectivity index (χ0) is 21.4. The molecule has 160 valence electrons. The minimum absolute atomic E-state index is 0.223. The number of hydrogen-bond acceptors (Lipinski definition) is 4. The molecule has 1 heterocycles. The van der Waals surface area contributed by atoms with Crippen LogP contribution in [0.1, 0.15) is 36.8 Å². The molecule has 1 saturated heterocycles. The first-order valence-electron chi connectivity index (χ1n) is 10.2. The van der Waals surface area contributed by atoms with Crippen LogP contribution in [0, 0.1) is 0 Å². The lowest BCUT2D eigenvalue weighted by molar-refractivity contribution is -0.116. The molecule has 0 atom stereocenters. The molecule has 0 saturated carbocycles. The van der Waals surface area contributed by atoms with Gasteiger partial charge in [0.15, 0.2) is 0 Å². The lowest BCUT2D eigenvalue weighted by Gasteiger charge is -2.19. The van der Waals surface area contributed by atoms with Gasteiger partial charge in [-0.3, -0.25) is 4.79 Å². The van der Waals surface area contributed by atoms with Crippen molar-refractivity contribution in [2.75, 3.05) is 20.2 Å². The van der Waals surface area contributed by atoms with Crippen LogP contribution in [0.15, 0.2) is 59.5 Å². The maximum atomic E-state index is 12.8. The van der Waals surface area contributed by atoms with Gasteiger partial charge in [-0.1, -0.05) is 37.1 Å². The Morgan fingerprint density at radius 2 is 1.77 bits per heavy atom. The van der Waals surface area contributed by atoms with E-state index in [0.29, 0.717) is 24.5 Å². The standard InChI is InChI=1S/C23H28N2O4S/c1-29-21-8-6-7-20(17-21)18-24-23(26)14-11-19-9-12-22(13-10-19)30(27,28)25-15-4-2-3-5-16-25/h6-14,17H,2-5,15-16,18H2,1H3,(H,24,26). The number of benzene rings is 2. The Morgan fingerprint density at radius 1 is 1.07 bits per heavy atom. The number of nitrogens with zero attached hydrogens (tertiary/aromatic N) is 1. The highest BCUT2D eigenvalue weighted by molar-refractivity contribution is 7.89. The van der Waals surface area contributed by atoms with E-state index in [4.69, 9.17) is 4.74 Å². The summed E-state index contributed by atoms with van der Waals surface area (Å²) in [5, 5.41) is 2.82. The highest BCUT2D eigenvalue weighted by atomic mass is 32.2. The van der Waals surface area contributed by atoms with Gasteiger partial charge in [-0.15, -0.1) is 0 Å². The van der Waals surface area contributed by atoms with Crippen molar-refractivity contribution < 1.29 is 17.9 Å². The number of amides is 1. The van der Waals surface area contributed by atoms with Crippen molar-refractivity contribution in [3.05, 3.63) is 65.7 Å². The summed E-state index contributed by atoms with van der Waals surface area (Å²) in [6, 6.07) is 14.2. The molecule has 0 radical (unpaired) electrons. The molecule has 0 aliphatic carbocycles. The van der Waals surface area contributed by atoms with Gasteiger partial charge in [0.2, 0.25) is 15.9 Å². The van der Waals surface area contributed by atoms with E-state index >= 15 is 0 Å². The summed E-state index contributed by atoms with van der Waals surface area (Å²) >= 11 is 0. The predicted molar refractivity (Wildman–Crippen MR) is 118 cm³/mol. The monoisotopic (exact) mass is 428 g/mol. The van der Waals surface area contributed by atoms with Crippen LogP contribution in [0.2, 0.25) is 0 Å². The minimum Gasteiger partial charge on any atom is -0.497 e. The topological polar surface area (TPSA) is 75.7 Å². The van der Waals surface area contributed by atoms with Crippen molar-refractivity contribution in [1.82, 2.24) is 9.62 Å². The molecule has 2 aromatic carbocycles. The van der Waals surface area contributed by atoms with E-state index in [2.05, 4.69) is 5.32 Å². The Bertz CT molecular complexity index is 977. The van der Waals surface area contributed by atoms with Gasteiger partial charge in [0.25, 0.3) is 0 Å². The van der Waals surface area contributed by atoms with Crippen LogP contribution in [0.4, 0.5) is 0 Å². The Labute approximate surface area is 178 Å². The van der Waals surface area contributed by atoms with E-state index in [9.17, 15) is 13.2 Å². The summed E-state index contributed by atoms with van der Waals surface area (Å²) in [7, 11) is -1.86. The third-order valence-electron chi connectivity index (χ3n) is 5.11. The number of hydrogen-bond donors (Lipinski definition) is 1. The molecule has 2 aromatic rings. The molecule has 1 aliphatic rings. The van der Waals surface area contributed by atoms with Crippen molar-refractivity contribution >= 4 is 22.0 Å². The number of ether oxygens (including phenoxy) is 1. The summed E-state index contributed by atoms with van der Waals surface area (Å²) in [5.74, 6) is 0.520. The first-order chi connectivity index (χ1) is 14.5. The Balaban J connectivity index is 1.57. The molecule has 1 amide bonds. The van der Waals surface area contributed by atoms with Gasteiger partial charge < -0.3 is 10.1 Å². The molecule has 1 N–H and O–H groups in total. The Kier molecular flexibility index (Phi) is 7.65. The van der Waals surface area contributed by atoms with Gasteiger partial charge in [0.05, 0.1) is 12.0 Å². The van der Waals surface area contributed by atoms with Gasteiger partial charge in [-0.05, 0) is 54.3 Å². The van der Waals surface area contributed by atoms with Crippen LogP contribution < -0.4 is 10.1 Å². The van der Waals surface area contributed by atoms with E-state index in [1.54, 1.807) is 41.8 Å². The van der Waals surface area contributed by atoms with Crippen LogP contribution in [0.5, 0.6) is 5.75 Å². The van der Waals surface area contributed by atoms with Crippen LogP contribution >= 0.6 is 0 Å². The lowest BCUT2D eigenvalue weighted by Crippen LogP contribution is -2.31. The SMILES string of the molecule is COc1cccc(CNC(=O)C=Cc2ccc(S(=O)(=O)N3CCCCCC3)cc2)c1. The maximum absolute atomic E-state index is 12.8. The predicted octanol–water partition coefficient (Wildman–Crippen LogP) is 3.59. The van der Waals surface area contributed by atoms with E-state index in [0.717, 1.165) is 42.6 Å². The zero-order valence-electron chi connectivity index (χ0n) is 17.2. The summed E-state index contributed by atoms with van der Waals surface area (Å²) in [6.45, 7) is 1.56. The summed E-state index contributed by atoms with van der Waals surface area (Å²) < 4.78 is 32.4. The van der Waals surface area contributed by atoms with Crippen LogP contribution in [0.25, 0.3) is 6.08 Å². The van der Waals surface area contributed by atoms with Crippen molar-refractivity contribution in [3.63, 3.8) is 0 Å². The van der Waals surface area contributed by atoms with E-state index in [1.807, 2.05) is 24.3 Å². The summed E-state index contributed by atoms with van der Waals surface area (Å²) in [6.07, 6.45) is 7.09. The molecule has 0 bridgehead atoms. The number of methoxy groups -OCH3 is 1. The minimum atomic E-state index is -3.46. The largest absolute Gasteiger partial charge is 0.497 e. The molecule has 0 unspecified atom stereocenters. The van der Waals surface area contributed by atoms with Crippen molar-refractivity contribution in [2.24, 2.45) is 0 Å². The summed E-state index contributed by atoms with van der Waals surface area (Å²) in [4.78, 5) is 12.4. The van der Waals surface area contributed by atoms with Gasteiger partial charge >= 0.3 is 0 Å². The lowest BCUT2D eigenvalue weighted by atomic mass is 10.2. The zero-order valence-corrected chi connectivity index (χ0v) is 18.0. The number of carbonyl (C=O) groups excluding carboxylic acids is 1. The van der Waals surface area contributed by atoms with Crippen LogP contribution in [-0.2, 0) is 21.4 Å². The molecule has 0 spiro atoms. The molecule has 3 rings (SSSR count). The second-order valence-electron chi connectivity index (χ2n) is 7.29. The molecule has 1 aliphatic heterocycles. The van der Waals surface area contributed by atoms with Gasteiger partial charge in [-0.25, -0.2) is 8.42 Å². The number of carbonyl (C=O) groups is 1. The number of rotatable bonds is 7. The van der Waals surface area contributed by atoms with E-state index in [-0.39, 0.29) is 5.91 Å². The summed E-state index contributed by atoms with van der Waals surface area (Å²) in [5.41, 5.74) is 1.71. The highest BCUT2D eigenvalue weighted by Gasteiger charge is 2.24. The second kappa shape index (κ2) is 10.4. The third kappa shape index (κ3) is 5.93. The maximum Gasteiger partial charge on any atom is 0.244 e. The smallest absolute Gasteiger partial charge is 0.244 e. The van der Waals surface area contributed by atoms with Crippen molar-refractivity contribution in [2.45, 2.75) is 37.1 Å². The Morgan fingerprint density at radius 3 is 2.43 bits per heavy atom. The van der Waals surface area contributed by atoms with Gasteiger partial charge in [0, 0.05) is 25.7 Å². The van der Waals surface area contributed by atoms with Gasteiger partial charge in [0.1, 0.15) is 5.75 Å². The number of nitrogens with one attached hydrogen (secondary N) is 1. The van der Waals surface area contributed by atoms with Crippen LogP contribution in [0.3, 0.4) is 0 Å². The van der Waals surface area contributed by atoms with Gasteiger partial charge in [-0.2, -0.15) is 4.31 Å². The average Bonchev–Trinajstić information content (AvgIpc) is 3.07. The Hall–Kier alpha value is -2.64. The molecule has 30 heavy (non-hydrogen) atoms. The fourth-order valence-electron chi connectivity index (χ4n) is 3.38. The normalized spacial score (nSPS) is 15.6. The molecule has 1 fully saturated rings.